The number of ether oxygens (including phenoxy) is 5. The largest absolute Gasteiger partial charge is 0.508 e. The van der Waals surface area contributed by atoms with E-state index < -0.39 is 82.2 Å². The van der Waals surface area contributed by atoms with Crippen molar-refractivity contribution < 1.29 is 53.1 Å². The highest BCUT2D eigenvalue weighted by Gasteiger charge is 2.78. The summed E-state index contributed by atoms with van der Waals surface area (Å²) in [7, 11) is 0. The molecular weight excluding hydrogens is 632 g/mol. The Labute approximate surface area is 285 Å². The molecular formula is C38H44O11. The van der Waals surface area contributed by atoms with Gasteiger partial charge in [-0.1, -0.05) is 69.3 Å². The van der Waals surface area contributed by atoms with E-state index in [1.165, 1.54) is 6.92 Å². The van der Waals surface area contributed by atoms with Crippen LogP contribution in [-0.4, -0.2) is 76.3 Å². The van der Waals surface area contributed by atoms with Crippen molar-refractivity contribution in [3.05, 3.63) is 82.9 Å². The van der Waals surface area contributed by atoms with Gasteiger partial charge in [0.1, 0.15) is 36.3 Å². The average Bonchev–Trinajstić information content (AvgIpc) is 3.06. The molecule has 11 heteroatoms. The van der Waals surface area contributed by atoms with Crippen LogP contribution in [0.2, 0.25) is 0 Å². The topological polar surface area (TPSA) is 155 Å². The minimum absolute atomic E-state index is 0.0407. The van der Waals surface area contributed by atoms with Gasteiger partial charge >= 0.3 is 18.1 Å². The van der Waals surface area contributed by atoms with E-state index >= 15 is 4.79 Å². The number of aliphatic hydroxyl groups excluding tert-OH is 1. The van der Waals surface area contributed by atoms with Crippen LogP contribution >= 0.6 is 0 Å². The van der Waals surface area contributed by atoms with Crippen LogP contribution < -0.4 is 0 Å². The standard InChI is InChI=1S/C38H44O11/c1-21-26(40)18-38(44)32(48-33(42)25-15-11-8-12-16-25)30-36(6,31(41)22(2)29(21)35(38,4)5)27(17-28-37(30,20-46-28)49-23(3)39)47-34(43)45-19-24-13-9-7-10-14-24/h7-16,22,26-28,30,32,40,44H,17-20H2,1-6H3. The Bertz CT molecular complexity index is 1670. The summed E-state index contributed by atoms with van der Waals surface area (Å²) in [4.78, 5) is 55.4. The third-order valence-corrected chi connectivity index (χ3v) is 11.7. The highest BCUT2D eigenvalue weighted by molar-refractivity contribution is 5.92. The van der Waals surface area contributed by atoms with Crippen LogP contribution in [0.3, 0.4) is 0 Å². The first-order chi connectivity index (χ1) is 23.1. The number of ketones is 1. The lowest BCUT2D eigenvalue weighted by Crippen LogP contribution is -2.81. The molecule has 3 fully saturated rings. The van der Waals surface area contributed by atoms with E-state index in [0.29, 0.717) is 11.1 Å². The van der Waals surface area contributed by atoms with Gasteiger partial charge in [-0.2, -0.15) is 0 Å². The van der Waals surface area contributed by atoms with Gasteiger partial charge in [0.15, 0.2) is 5.60 Å². The molecule has 4 aliphatic rings. The maximum Gasteiger partial charge on any atom is 0.508 e. The monoisotopic (exact) mass is 676 g/mol. The Kier molecular flexibility index (Phi) is 8.78. The van der Waals surface area contributed by atoms with Crippen LogP contribution in [0.15, 0.2) is 71.8 Å². The molecule has 2 aromatic rings. The van der Waals surface area contributed by atoms with Crippen molar-refractivity contribution in [2.45, 2.75) is 96.6 Å². The predicted molar refractivity (Wildman–Crippen MR) is 174 cm³/mol. The van der Waals surface area contributed by atoms with Crippen molar-refractivity contribution in [2.24, 2.45) is 22.7 Å². The zero-order valence-electron chi connectivity index (χ0n) is 28.6. The summed E-state index contributed by atoms with van der Waals surface area (Å²) in [6, 6.07) is 17.2. The summed E-state index contributed by atoms with van der Waals surface area (Å²) in [6.45, 7) is 9.55. The van der Waals surface area contributed by atoms with Gasteiger partial charge in [0, 0.05) is 31.1 Å². The Morgan fingerprint density at radius 2 is 1.61 bits per heavy atom. The fourth-order valence-electron chi connectivity index (χ4n) is 9.18. The van der Waals surface area contributed by atoms with Gasteiger partial charge in [-0.25, -0.2) is 9.59 Å². The fourth-order valence-corrected chi connectivity index (χ4v) is 9.18. The first-order valence-electron chi connectivity index (χ1n) is 16.7. The molecule has 262 valence electrons. The Hall–Kier alpha value is -4.06. The van der Waals surface area contributed by atoms with Gasteiger partial charge < -0.3 is 33.9 Å². The minimum Gasteiger partial charge on any atom is -0.455 e. The number of hydrogen-bond acceptors (Lipinski definition) is 11. The summed E-state index contributed by atoms with van der Waals surface area (Å²) in [5.74, 6) is -4.04. The van der Waals surface area contributed by atoms with E-state index in [1.54, 1.807) is 77.1 Å². The molecule has 0 aromatic heterocycles. The lowest BCUT2D eigenvalue weighted by atomic mass is 9.43. The molecule has 2 aromatic carbocycles. The number of Topliss-reactive ketones (excluding diaryl/α,β-unsaturated/α-hetero) is 1. The summed E-state index contributed by atoms with van der Waals surface area (Å²) < 4.78 is 29.9. The van der Waals surface area contributed by atoms with Crippen molar-refractivity contribution >= 4 is 23.9 Å². The molecule has 2 saturated carbocycles. The first kappa shape index (κ1) is 34.8. The zero-order chi connectivity index (χ0) is 35.5. The fraction of sp³-hybridized carbons (Fsp3) is 0.526. The molecule has 3 aliphatic carbocycles. The van der Waals surface area contributed by atoms with E-state index in [0.717, 1.165) is 5.56 Å². The molecule has 49 heavy (non-hydrogen) atoms. The third-order valence-electron chi connectivity index (χ3n) is 11.7. The third kappa shape index (κ3) is 5.37. The quantitative estimate of drug-likeness (QED) is 0.248. The Morgan fingerprint density at radius 3 is 2.20 bits per heavy atom. The molecule has 11 nitrogen and oxygen atoms in total. The lowest BCUT2D eigenvalue weighted by Gasteiger charge is -2.67. The van der Waals surface area contributed by atoms with Crippen LogP contribution in [0.25, 0.3) is 0 Å². The molecule has 1 aliphatic heterocycles. The number of carbonyl (C=O) groups is 4. The predicted octanol–water partition coefficient (Wildman–Crippen LogP) is 4.72. The van der Waals surface area contributed by atoms with Gasteiger partial charge in [-0.3, -0.25) is 9.59 Å². The highest BCUT2D eigenvalue weighted by atomic mass is 16.7. The molecule has 9 unspecified atom stereocenters. The van der Waals surface area contributed by atoms with Crippen molar-refractivity contribution in [1.82, 2.24) is 0 Å². The van der Waals surface area contributed by atoms with E-state index in [1.807, 2.05) is 18.2 Å². The van der Waals surface area contributed by atoms with Crippen LogP contribution in [0.5, 0.6) is 0 Å². The van der Waals surface area contributed by atoms with Crippen LogP contribution in [0, 0.1) is 22.7 Å². The van der Waals surface area contributed by atoms with Crippen LogP contribution in [-0.2, 0) is 39.9 Å². The van der Waals surface area contributed by atoms with Crippen LogP contribution in [0.1, 0.15) is 70.3 Å². The number of esters is 2. The van der Waals surface area contributed by atoms with E-state index in [4.69, 9.17) is 23.7 Å². The van der Waals surface area contributed by atoms with Gasteiger partial charge in [0.25, 0.3) is 0 Å². The molecule has 1 saturated heterocycles. The van der Waals surface area contributed by atoms with Crippen LogP contribution in [0.4, 0.5) is 4.79 Å². The molecule has 6 rings (SSSR count). The number of hydrogen-bond donors (Lipinski definition) is 2. The normalized spacial score (nSPS) is 36.1. The Morgan fingerprint density at radius 1 is 0.980 bits per heavy atom. The Balaban J connectivity index is 1.54. The second-order valence-corrected chi connectivity index (χ2v) is 14.6. The lowest BCUT2D eigenvalue weighted by molar-refractivity contribution is -0.345. The van der Waals surface area contributed by atoms with E-state index in [-0.39, 0.29) is 31.6 Å². The summed E-state index contributed by atoms with van der Waals surface area (Å²) >= 11 is 0. The second-order valence-electron chi connectivity index (χ2n) is 14.6. The van der Waals surface area contributed by atoms with Gasteiger partial charge in [-0.15, -0.1) is 0 Å². The summed E-state index contributed by atoms with van der Waals surface area (Å²) in [6.07, 6.45) is -6.15. The van der Waals surface area contributed by atoms with E-state index in [2.05, 4.69) is 0 Å². The van der Waals surface area contributed by atoms with Crippen molar-refractivity contribution in [3.8, 4) is 0 Å². The molecule has 1 heterocycles. The molecule has 9 atom stereocenters. The molecule has 0 amide bonds. The number of carbonyl (C=O) groups excluding carboxylic acids is 4. The second kappa shape index (κ2) is 12.4. The maximum atomic E-state index is 15.2. The number of aliphatic hydroxyl groups is 2. The summed E-state index contributed by atoms with van der Waals surface area (Å²) in [5.41, 5.74) is -4.57. The number of fused-ring (bicyclic) bond motifs is 5. The maximum absolute atomic E-state index is 15.2. The molecule has 0 spiro atoms. The summed E-state index contributed by atoms with van der Waals surface area (Å²) in [5, 5.41) is 24.5. The smallest absolute Gasteiger partial charge is 0.455 e. The van der Waals surface area contributed by atoms with Crippen molar-refractivity contribution in [2.75, 3.05) is 6.61 Å². The van der Waals surface area contributed by atoms with E-state index in [9.17, 15) is 24.6 Å². The van der Waals surface area contributed by atoms with Crippen molar-refractivity contribution in [3.63, 3.8) is 0 Å². The molecule has 2 bridgehead atoms. The average molecular weight is 677 g/mol. The highest BCUT2D eigenvalue weighted by Crippen LogP contribution is 2.65. The SMILES string of the molecule is CC(=O)OC12COC1CC(OC(=O)OCc1ccccc1)C1(C)C(=O)C(C)C3=C(C)C(O)CC(O)(C(OC(=O)c4ccccc4)C21)C3(C)C. The van der Waals surface area contributed by atoms with Crippen molar-refractivity contribution in [1.29, 1.82) is 0 Å². The van der Waals surface area contributed by atoms with Gasteiger partial charge in [0.05, 0.1) is 29.6 Å². The first-order valence-corrected chi connectivity index (χ1v) is 16.7. The molecule has 2 N–H and O–H groups in total. The molecule has 0 radical (unpaired) electrons. The van der Waals surface area contributed by atoms with Gasteiger partial charge in [0.2, 0.25) is 0 Å². The zero-order valence-corrected chi connectivity index (χ0v) is 28.6. The number of benzene rings is 2. The van der Waals surface area contributed by atoms with Gasteiger partial charge in [-0.05, 0) is 42.7 Å². The minimum atomic E-state index is -2.00. The number of rotatable bonds is 6.